The maximum Gasteiger partial charge on any atom is 0.282 e. The van der Waals surface area contributed by atoms with Gasteiger partial charge in [-0.1, -0.05) is 46.3 Å². The Morgan fingerprint density at radius 2 is 1.74 bits per heavy atom. The van der Waals surface area contributed by atoms with Crippen LogP contribution < -0.4 is 15.6 Å². The van der Waals surface area contributed by atoms with Crippen molar-refractivity contribution in [2.75, 3.05) is 0 Å². The second kappa shape index (κ2) is 8.94. The van der Waals surface area contributed by atoms with Crippen LogP contribution in [0.1, 0.15) is 18.1 Å². The predicted octanol–water partition coefficient (Wildman–Crippen LogP) is 2.24. The van der Waals surface area contributed by atoms with E-state index in [1.807, 2.05) is 10.9 Å². The topological polar surface area (TPSA) is 104 Å². The van der Waals surface area contributed by atoms with E-state index in [0.717, 1.165) is 10.0 Å². The van der Waals surface area contributed by atoms with E-state index in [4.69, 9.17) is 0 Å². The van der Waals surface area contributed by atoms with Gasteiger partial charge in [0.05, 0.1) is 4.90 Å². The molecule has 7 nitrogen and oxygen atoms in total. The van der Waals surface area contributed by atoms with Crippen molar-refractivity contribution in [1.29, 1.82) is 0 Å². The maximum atomic E-state index is 12.4. The average molecular weight is 452 g/mol. The molecule has 0 aliphatic rings. The summed E-state index contributed by atoms with van der Waals surface area (Å²) in [6.45, 7) is 3.00. The summed E-state index contributed by atoms with van der Waals surface area (Å²) in [6, 6.07) is 13.3. The number of sulfonamides is 1. The van der Waals surface area contributed by atoms with E-state index in [2.05, 4.69) is 26.7 Å². The summed E-state index contributed by atoms with van der Waals surface area (Å²) in [6.07, 6.45) is 1.44. The number of aryl methyl sites for hydroxylation is 1. The smallest absolute Gasteiger partial charge is 0.282 e. The van der Waals surface area contributed by atoms with E-state index in [-0.39, 0.29) is 10.6 Å². The number of hydrogen-bond donors (Lipinski definition) is 3. The fourth-order valence-corrected chi connectivity index (χ4v) is 3.26. The molecule has 0 aliphatic heterocycles. The molecule has 3 N–H and O–H groups in total. The SMILES string of the molecule is CC(=O)NC(=Cc1ccccc1)C(=O)NNS(=O)(=O)c1ccc(Br)c(C)c1. The fourth-order valence-electron chi connectivity index (χ4n) is 2.09. The molecule has 9 heteroatoms. The Hall–Kier alpha value is -2.49. The van der Waals surface area contributed by atoms with Crippen molar-refractivity contribution in [3.63, 3.8) is 0 Å². The summed E-state index contributed by atoms with van der Waals surface area (Å²) < 4.78 is 25.5. The van der Waals surface area contributed by atoms with Gasteiger partial charge in [0.2, 0.25) is 5.91 Å². The van der Waals surface area contributed by atoms with Gasteiger partial charge in [-0.3, -0.25) is 15.0 Å². The van der Waals surface area contributed by atoms with Crippen LogP contribution in [0.2, 0.25) is 0 Å². The molecule has 0 bridgehead atoms. The van der Waals surface area contributed by atoms with E-state index < -0.39 is 21.8 Å². The summed E-state index contributed by atoms with van der Waals surface area (Å²) in [5.74, 6) is -1.26. The molecular formula is C18H18BrN3O4S. The van der Waals surface area contributed by atoms with Crippen LogP contribution in [0, 0.1) is 6.92 Å². The van der Waals surface area contributed by atoms with Crippen molar-refractivity contribution in [3.05, 3.63) is 69.8 Å². The molecule has 2 amide bonds. The Morgan fingerprint density at radius 3 is 2.33 bits per heavy atom. The second-order valence-electron chi connectivity index (χ2n) is 5.62. The number of amides is 2. The highest BCUT2D eigenvalue weighted by Crippen LogP contribution is 2.19. The van der Waals surface area contributed by atoms with E-state index >= 15 is 0 Å². The van der Waals surface area contributed by atoms with E-state index in [1.165, 1.54) is 25.1 Å². The summed E-state index contributed by atoms with van der Waals surface area (Å²) in [5, 5.41) is 2.39. The van der Waals surface area contributed by atoms with Crippen molar-refractivity contribution in [2.45, 2.75) is 18.7 Å². The van der Waals surface area contributed by atoms with Gasteiger partial charge < -0.3 is 5.32 Å². The Morgan fingerprint density at radius 1 is 1.07 bits per heavy atom. The third kappa shape index (κ3) is 6.02. The molecule has 0 saturated heterocycles. The molecule has 27 heavy (non-hydrogen) atoms. The molecule has 0 spiro atoms. The zero-order valence-corrected chi connectivity index (χ0v) is 17.0. The Balaban J connectivity index is 2.18. The van der Waals surface area contributed by atoms with Crippen LogP contribution in [0.5, 0.6) is 0 Å². The highest BCUT2D eigenvalue weighted by atomic mass is 79.9. The van der Waals surface area contributed by atoms with E-state index in [9.17, 15) is 18.0 Å². The summed E-state index contributed by atoms with van der Waals surface area (Å²) >= 11 is 3.30. The largest absolute Gasteiger partial charge is 0.322 e. The third-order valence-electron chi connectivity index (χ3n) is 3.40. The van der Waals surface area contributed by atoms with Gasteiger partial charge in [0, 0.05) is 11.4 Å². The van der Waals surface area contributed by atoms with Gasteiger partial charge in [0.1, 0.15) is 5.70 Å². The summed E-state index contributed by atoms with van der Waals surface area (Å²) in [4.78, 5) is 25.7. The van der Waals surface area contributed by atoms with Crippen LogP contribution in [0.25, 0.3) is 6.08 Å². The molecule has 2 aromatic rings. The van der Waals surface area contributed by atoms with Crippen molar-refractivity contribution in [2.24, 2.45) is 0 Å². The molecule has 0 aromatic heterocycles. The van der Waals surface area contributed by atoms with Crippen molar-refractivity contribution < 1.29 is 18.0 Å². The molecule has 0 saturated carbocycles. The van der Waals surface area contributed by atoms with Crippen LogP contribution in [0.3, 0.4) is 0 Å². The first-order chi connectivity index (χ1) is 12.7. The van der Waals surface area contributed by atoms with Crippen LogP contribution in [0.15, 0.2) is 63.6 Å². The lowest BCUT2D eigenvalue weighted by atomic mass is 10.2. The number of halogens is 1. The van der Waals surface area contributed by atoms with Crippen molar-refractivity contribution >= 4 is 43.8 Å². The van der Waals surface area contributed by atoms with Crippen LogP contribution in [0.4, 0.5) is 0 Å². The zero-order chi connectivity index (χ0) is 20.0. The molecule has 0 radical (unpaired) electrons. The minimum atomic E-state index is -3.97. The Bertz CT molecular complexity index is 989. The lowest BCUT2D eigenvalue weighted by Gasteiger charge is -2.12. The van der Waals surface area contributed by atoms with Gasteiger partial charge >= 0.3 is 0 Å². The van der Waals surface area contributed by atoms with Gasteiger partial charge in [-0.25, -0.2) is 8.42 Å². The fraction of sp³-hybridized carbons (Fsp3) is 0.111. The average Bonchev–Trinajstić information content (AvgIpc) is 2.62. The third-order valence-corrected chi connectivity index (χ3v) is 5.54. The number of nitrogens with one attached hydrogen (secondary N) is 3. The first-order valence-electron chi connectivity index (χ1n) is 7.81. The van der Waals surface area contributed by atoms with Crippen LogP contribution in [-0.4, -0.2) is 20.2 Å². The lowest BCUT2D eigenvalue weighted by molar-refractivity contribution is -0.122. The number of hydrazine groups is 1. The Labute approximate surface area is 166 Å². The molecule has 0 aliphatic carbocycles. The van der Waals surface area contributed by atoms with E-state index in [1.54, 1.807) is 37.3 Å². The molecule has 2 rings (SSSR count). The maximum absolute atomic E-state index is 12.4. The van der Waals surface area contributed by atoms with Gasteiger partial charge in [-0.2, -0.15) is 0 Å². The quantitative estimate of drug-likeness (QED) is 0.462. The number of hydrogen-bond acceptors (Lipinski definition) is 4. The highest BCUT2D eigenvalue weighted by molar-refractivity contribution is 9.10. The number of carbonyl (C=O) groups excluding carboxylic acids is 2. The van der Waals surface area contributed by atoms with Crippen LogP contribution in [-0.2, 0) is 19.6 Å². The first kappa shape index (κ1) is 20.8. The van der Waals surface area contributed by atoms with Gasteiger partial charge in [-0.15, -0.1) is 4.83 Å². The monoisotopic (exact) mass is 451 g/mol. The zero-order valence-electron chi connectivity index (χ0n) is 14.6. The minimum absolute atomic E-state index is 0.00313. The molecule has 0 heterocycles. The van der Waals surface area contributed by atoms with Crippen molar-refractivity contribution in [1.82, 2.24) is 15.6 Å². The predicted molar refractivity (Wildman–Crippen MR) is 106 cm³/mol. The van der Waals surface area contributed by atoms with Gasteiger partial charge in [-0.05, 0) is 42.3 Å². The minimum Gasteiger partial charge on any atom is -0.322 e. The first-order valence-corrected chi connectivity index (χ1v) is 10.1. The second-order valence-corrected chi connectivity index (χ2v) is 8.16. The van der Waals surface area contributed by atoms with E-state index in [0.29, 0.717) is 5.56 Å². The standard InChI is InChI=1S/C18H18BrN3O4S/c1-12-10-15(8-9-16(12)19)27(25,26)22-21-18(24)17(20-13(2)23)11-14-6-4-3-5-7-14/h3-11,22H,1-2H3,(H,20,23)(H,21,24). The highest BCUT2D eigenvalue weighted by Gasteiger charge is 2.18. The molecule has 0 atom stereocenters. The molecule has 0 fully saturated rings. The van der Waals surface area contributed by atoms with Crippen molar-refractivity contribution in [3.8, 4) is 0 Å². The lowest BCUT2D eigenvalue weighted by Crippen LogP contribution is -2.44. The molecule has 142 valence electrons. The molecule has 0 unspecified atom stereocenters. The normalized spacial score (nSPS) is 11.7. The molecular weight excluding hydrogens is 434 g/mol. The summed E-state index contributed by atoms with van der Waals surface area (Å²) in [5.41, 5.74) is 3.41. The summed E-state index contributed by atoms with van der Waals surface area (Å²) in [7, 11) is -3.97. The Kier molecular flexibility index (Phi) is 6.89. The van der Waals surface area contributed by atoms with Gasteiger partial charge in [0.15, 0.2) is 0 Å². The number of rotatable bonds is 6. The number of benzene rings is 2. The van der Waals surface area contributed by atoms with Gasteiger partial charge in [0.25, 0.3) is 15.9 Å². The number of carbonyl (C=O) groups is 2. The molecule has 2 aromatic carbocycles. The van der Waals surface area contributed by atoms with Crippen LogP contribution >= 0.6 is 15.9 Å².